The molecule has 0 spiro atoms. The minimum absolute atomic E-state index is 0.108. The molecule has 3 aromatic carbocycles. The molecule has 1 saturated heterocycles. The topological polar surface area (TPSA) is 168 Å². The first-order valence-electron chi connectivity index (χ1n) is 17.1. The summed E-state index contributed by atoms with van der Waals surface area (Å²) in [4.78, 5) is 30.4. The number of hydrogen-bond acceptors (Lipinski definition) is 9. The van der Waals surface area contributed by atoms with Crippen LogP contribution in [0.4, 0.5) is 18.9 Å². The molecule has 1 amide bonds. The van der Waals surface area contributed by atoms with Gasteiger partial charge in [0.05, 0.1) is 42.6 Å². The van der Waals surface area contributed by atoms with Gasteiger partial charge in [0.1, 0.15) is 17.5 Å². The van der Waals surface area contributed by atoms with Crippen molar-refractivity contribution >= 4 is 29.7 Å². The summed E-state index contributed by atoms with van der Waals surface area (Å²) < 4.78 is 48.3. The second-order valence-electron chi connectivity index (χ2n) is 13.0. The number of alkyl halides is 3. The molecule has 2 heterocycles. The molecule has 4 aromatic rings. The fourth-order valence-corrected chi connectivity index (χ4v) is 6.36. The predicted octanol–water partition coefficient (Wildman–Crippen LogP) is 5.87. The molecule has 0 aliphatic carbocycles. The Balaban J connectivity index is 1.37. The van der Waals surface area contributed by atoms with Crippen LogP contribution in [-0.4, -0.2) is 76.0 Å². The Labute approximate surface area is 310 Å². The lowest BCUT2D eigenvalue weighted by molar-refractivity contribution is -0.139. The molecule has 5 rings (SSSR count). The number of anilines is 1. The number of likely N-dealkylation sites (tertiary alicyclic amines) is 1. The van der Waals surface area contributed by atoms with Crippen LogP contribution in [0.5, 0.6) is 5.75 Å². The fourth-order valence-electron chi connectivity index (χ4n) is 6.36. The number of hydrogen-bond donors (Lipinski definition) is 5. The van der Waals surface area contributed by atoms with Gasteiger partial charge in [0.25, 0.3) is 5.91 Å². The quantitative estimate of drug-likeness (QED) is 0.0986. The van der Waals surface area contributed by atoms with E-state index in [1.54, 1.807) is 67.7 Å². The Morgan fingerprint density at radius 2 is 1.85 bits per heavy atom. The second-order valence-corrected chi connectivity index (χ2v) is 13.0. The van der Waals surface area contributed by atoms with E-state index in [4.69, 9.17) is 9.84 Å². The Kier molecular flexibility index (Phi) is 12.8. The average molecular weight is 744 g/mol. The Morgan fingerprint density at radius 1 is 1.11 bits per heavy atom. The van der Waals surface area contributed by atoms with Gasteiger partial charge in [0.2, 0.25) is 0 Å². The molecular weight excluding hydrogens is 703 g/mol. The predicted molar refractivity (Wildman–Crippen MR) is 196 cm³/mol. The van der Waals surface area contributed by atoms with E-state index in [0.29, 0.717) is 35.3 Å². The number of ether oxygens (including phenoxy) is 1. The molecule has 1 aliphatic rings. The van der Waals surface area contributed by atoms with Crippen LogP contribution < -0.4 is 15.4 Å². The number of nitrogens with one attached hydrogen (secondary N) is 2. The molecule has 1 aromatic heterocycles. The van der Waals surface area contributed by atoms with Gasteiger partial charge in [-0.2, -0.15) is 18.4 Å². The van der Waals surface area contributed by atoms with E-state index in [1.165, 1.54) is 19.3 Å². The number of aliphatic carboxylic acids is 1. The number of pyridine rings is 1. The minimum Gasteiger partial charge on any atom is -0.496 e. The van der Waals surface area contributed by atoms with Crippen molar-refractivity contribution in [3.63, 3.8) is 0 Å². The Morgan fingerprint density at radius 3 is 2.50 bits per heavy atom. The largest absolute Gasteiger partial charge is 0.496 e. The van der Waals surface area contributed by atoms with Gasteiger partial charge in [-0.05, 0) is 65.4 Å². The number of nitrogens with zero attached hydrogens (tertiary/aromatic N) is 3. The number of aliphatic hydroxyl groups is 2. The number of carboxylic acids is 1. The average Bonchev–Trinajstić information content (AvgIpc) is 3.54. The molecular formula is C40H40F3N5O6. The van der Waals surface area contributed by atoms with E-state index in [2.05, 4.69) is 26.6 Å². The Bertz CT molecular complexity index is 2060. The van der Waals surface area contributed by atoms with E-state index in [9.17, 15) is 38.2 Å². The van der Waals surface area contributed by atoms with Gasteiger partial charge in [0, 0.05) is 50.0 Å². The van der Waals surface area contributed by atoms with Gasteiger partial charge in [-0.1, -0.05) is 48.6 Å². The SMILES string of the molecule is COc1cc(/C=C/c2cccc(-c3cccc(NC(=O)c4ccc(CN5CC[C@@H](O)C5)cn4)c3C#N)c2C)c(C(F)(F)F)cc1CNC[C@@H](O)CC(=O)O. The third-order valence-corrected chi connectivity index (χ3v) is 9.11. The number of amides is 1. The number of rotatable bonds is 14. The molecule has 14 heteroatoms. The lowest BCUT2D eigenvalue weighted by Gasteiger charge is -2.17. The van der Waals surface area contributed by atoms with Crippen molar-refractivity contribution in [2.24, 2.45) is 0 Å². The summed E-state index contributed by atoms with van der Waals surface area (Å²) in [7, 11) is 1.33. The van der Waals surface area contributed by atoms with Gasteiger partial charge < -0.3 is 30.7 Å². The summed E-state index contributed by atoms with van der Waals surface area (Å²) in [6.45, 7) is 3.51. The normalized spacial score (nSPS) is 15.3. The van der Waals surface area contributed by atoms with Crippen LogP contribution in [0.3, 0.4) is 0 Å². The van der Waals surface area contributed by atoms with Gasteiger partial charge in [-0.15, -0.1) is 0 Å². The van der Waals surface area contributed by atoms with Crippen LogP contribution in [0.15, 0.2) is 66.9 Å². The molecule has 0 saturated carbocycles. The van der Waals surface area contributed by atoms with Crippen LogP contribution in [0.2, 0.25) is 0 Å². The molecule has 1 fully saturated rings. The molecule has 11 nitrogen and oxygen atoms in total. The smallest absolute Gasteiger partial charge is 0.417 e. The first-order chi connectivity index (χ1) is 25.8. The van der Waals surface area contributed by atoms with E-state index in [-0.39, 0.29) is 53.0 Å². The molecule has 0 radical (unpaired) electrons. The van der Waals surface area contributed by atoms with E-state index < -0.39 is 36.1 Å². The number of benzene rings is 3. The summed E-state index contributed by atoms with van der Waals surface area (Å²) in [6.07, 6.45) is -1.58. The van der Waals surface area contributed by atoms with Crippen molar-refractivity contribution in [2.75, 3.05) is 32.1 Å². The maximum Gasteiger partial charge on any atom is 0.417 e. The first-order valence-corrected chi connectivity index (χ1v) is 17.1. The van der Waals surface area contributed by atoms with Gasteiger partial charge in [-0.25, -0.2) is 0 Å². The fraction of sp³-hybridized carbons (Fsp3) is 0.300. The van der Waals surface area contributed by atoms with Gasteiger partial charge >= 0.3 is 12.1 Å². The number of aromatic nitrogens is 1. The van der Waals surface area contributed by atoms with Crippen molar-refractivity contribution in [2.45, 2.75) is 51.2 Å². The highest BCUT2D eigenvalue weighted by molar-refractivity contribution is 6.04. The Hall–Kier alpha value is -5.59. The number of carbonyl (C=O) groups excluding carboxylic acids is 1. The summed E-state index contributed by atoms with van der Waals surface area (Å²) in [6, 6.07) is 18.1. The van der Waals surface area contributed by atoms with Crippen molar-refractivity contribution in [3.05, 3.63) is 111 Å². The summed E-state index contributed by atoms with van der Waals surface area (Å²) >= 11 is 0. The summed E-state index contributed by atoms with van der Waals surface area (Å²) in [5, 5.41) is 44.2. The van der Waals surface area contributed by atoms with Gasteiger partial charge in [-0.3, -0.25) is 19.5 Å². The van der Waals surface area contributed by atoms with Crippen LogP contribution in [0.1, 0.15) is 62.3 Å². The monoisotopic (exact) mass is 743 g/mol. The molecule has 0 unspecified atom stereocenters. The molecule has 1 aliphatic heterocycles. The number of nitriles is 1. The zero-order valence-electron chi connectivity index (χ0n) is 29.7. The third kappa shape index (κ3) is 9.88. The number of carbonyl (C=O) groups is 2. The number of methoxy groups -OCH3 is 1. The van der Waals surface area contributed by atoms with E-state index in [1.807, 2.05) is 0 Å². The number of carboxylic acid groups (broad SMARTS) is 1. The highest BCUT2D eigenvalue weighted by Crippen LogP contribution is 2.38. The number of halogens is 3. The maximum atomic E-state index is 14.3. The van der Waals surface area contributed by atoms with Crippen LogP contribution in [0, 0.1) is 18.3 Å². The lowest BCUT2D eigenvalue weighted by Crippen LogP contribution is -2.28. The first kappa shape index (κ1) is 39.6. The van der Waals surface area contributed by atoms with Crippen molar-refractivity contribution in [3.8, 4) is 22.9 Å². The highest BCUT2D eigenvalue weighted by atomic mass is 19.4. The van der Waals surface area contributed by atoms with Crippen molar-refractivity contribution in [1.29, 1.82) is 5.26 Å². The minimum atomic E-state index is -4.72. The third-order valence-electron chi connectivity index (χ3n) is 9.11. The zero-order chi connectivity index (χ0) is 39.0. The van der Waals surface area contributed by atoms with E-state index >= 15 is 0 Å². The molecule has 54 heavy (non-hydrogen) atoms. The molecule has 5 N–H and O–H groups in total. The van der Waals surface area contributed by atoms with Crippen molar-refractivity contribution < 1.29 is 42.8 Å². The van der Waals surface area contributed by atoms with Crippen molar-refractivity contribution in [1.82, 2.24) is 15.2 Å². The van der Waals surface area contributed by atoms with Crippen LogP contribution >= 0.6 is 0 Å². The highest BCUT2D eigenvalue weighted by Gasteiger charge is 2.34. The standard InChI is InChI=1S/C40H40F3N5O6/c1-24-26(10-11-27-16-37(54-2)28(15-34(27)40(41,42)43)20-45-21-30(50)17-38(51)52)5-3-6-31(24)32-7-4-8-35(33(32)18-44)47-39(53)36-12-9-25(19-46-36)22-48-14-13-29(49)23-48/h3-12,15-16,19,29-30,45,49-50H,13-14,17,20-23H2,1-2H3,(H,47,53)(H,51,52)/b11-10+/t29-,30+/m1/s1. The summed E-state index contributed by atoms with van der Waals surface area (Å²) in [5.74, 6) is -1.54. The van der Waals surface area contributed by atoms with Gasteiger partial charge in [0.15, 0.2) is 0 Å². The van der Waals surface area contributed by atoms with Crippen LogP contribution in [0.25, 0.3) is 23.3 Å². The molecule has 2 atom stereocenters. The van der Waals surface area contributed by atoms with Crippen LogP contribution in [-0.2, 0) is 24.1 Å². The summed E-state index contributed by atoms with van der Waals surface area (Å²) in [5.41, 5.74) is 3.05. The second kappa shape index (κ2) is 17.5. The zero-order valence-corrected chi connectivity index (χ0v) is 29.7. The molecule has 0 bridgehead atoms. The van der Waals surface area contributed by atoms with E-state index in [0.717, 1.165) is 24.6 Å². The number of aliphatic hydroxyl groups excluding tert-OH is 2. The maximum absolute atomic E-state index is 14.3. The molecule has 282 valence electrons. The lowest BCUT2D eigenvalue weighted by atomic mass is 9.92. The number of β-amino-alcohol motifs (C(OH)–C–C–N with tert-alkyl or cyclic N) is 1.